The number of aromatic hydroxyl groups is 1. The van der Waals surface area contributed by atoms with Gasteiger partial charge in [0.05, 0.1) is 0 Å². The molecule has 1 amide bonds. The van der Waals surface area contributed by atoms with E-state index in [1.54, 1.807) is 24.4 Å². The second-order valence-electron chi connectivity index (χ2n) is 8.92. The van der Waals surface area contributed by atoms with Gasteiger partial charge in [-0.25, -0.2) is 4.98 Å². The van der Waals surface area contributed by atoms with Crippen molar-refractivity contribution in [1.29, 1.82) is 0 Å². The lowest BCUT2D eigenvalue weighted by atomic mass is 9.98. The Morgan fingerprint density at radius 3 is 2.71 bits per heavy atom. The van der Waals surface area contributed by atoms with Crippen LogP contribution in [-0.4, -0.2) is 44.3 Å². The number of phenols is 1. The van der Waals surface area contributed by atoms with Crippen molar-refractivity contribution in [3.8, 4) is 22.6 Å². The Morgan fingerprint density at radius 1 is 1.11 bits per heavy atom. The average Bonchev–Trinajstić information content (AvgIpc) is 3.59. The van der Waals surface area contributed by atoms with E-state index in [1.165, 1.54) is 6.07 Å². The first-order valence-corrected chi connectivity index (χ1v) is 11.6. The summed E-state index contributed by atoms with van der Waals surface area (Å²) in [7, 11) is 1.90. The smallest absolute Gasteiger partial charge is 0.253 e. The van der Waals surface area contributed by atoms with Crippen LogP contribution in [0.25, 0.3) is 28.2 Å². The van der Waals surface area contributed by atoms with Gasteiger partial charge in [-0.1, -0.05) is 18.2 Å². The van der Waals surface area contributed by atoms with Crippen LogP contribution in [0.4, 0.5) is 0 Å². The maximum absolute atomic E-state index is 13.0. The monoisotopic (exact) mass is 465 g/mol. The molecule has 7 nitrogen and oxygen atoms in total. The number of aryl methyl sites for hydroxylation is 1. The summed E-state index contributed by atoms with van der Waals surface area (Å²) in [5.41, 5.74) is 4.14. The van der Waals surface area contributed by atoms with Gasteiger partial charge in [0.2, 0.25) is 5.78 Å². The highest BCUT2D eigenvalue weighted by molar-refractivity contribution is 6.17. The molecule has 0 bridgehead atoms. The van der Waals surface area contributed by atoms with Gasteiger partial charge >= 0.3 is 0 Å². The number of rotatable bonds is 3. The lowest BCUT2D eigenvalue weighted by molar-refractivity contribution is 0.0792. The Bertz CT molecular complexity index is 1540. The van der Waals surface area contributed by atoms with Gasteiger partial charge < -0.3 is 19.3 Å². The van der Waals surface area contributed by atoms with Crippen LogP contribution in [0, 0.1) is 0 Å². The number of carbonyl (C=O) groups is 2. The van der Waals surface area contributed by atoms with E-state index in [2.05, 4.69) is 4.98 Å². The van der Waals surface area contributed by atoms with E-state index in [9.17, 15) is 14.7 Å². The fraction of sp³-hybridized carbons (Fsp3) is 0.179. The topological polar surface area (TPSA) is 84.7 Å². The number of likely N-dealkylation sites (tertiary alicyclic amines) is 1. The van der Waals surface area contributed by atoms with E-state index in [0.29, 0.717) is 11.3 Å². The van der Waals surface area contributed by atoms with Crippen molar-refractivity contribution in [2.45, 2.75) is 12.8 Å². The maximum Gasteiger partial charge on any atom is 0.253 e. The minimum atomic E-state index is -0.362. The van der Waals surface area contributed by atoms with Crippen molar-refractivity contribution in [1.82, 2.24) is 14.5 Å². The van der Waals surface area contributed by atoms with Crippen molar-refractivity contribution in [3.05, 3.63) is 83.4 Å². The Labute approximate surface area is 201 Å². The standard InChI is InChI=1S/C28H23N3O4/c1-30-16-19(15-23-26(33)25-21(32)8-5-9-22(25)35-23)24-20(10-11-29-27(24)30)17-6-4-7-18(14-17)28(34)31-12-2-3-13-31/h4-11,14-16,32H,2-3,12-13H2,1H3. The van der Waals surface area contributed by atoms with Gasteiger partial charge in [0, 0.05) is 49.0 Å². The molecule has 6 rings (SSSR count). The van der Waals surface area contributed by atoms with Crippen LogP contribution >= 0.6 is 0 Å². The van der Waals surface area contributed by atoms with Gasteiger partial charge in [0.25, 0.3) is 5.91 Å². The highest BCUT2D eigenvalue weighted by atomic mass is 16.5. The molecule has 174 valence electrons. The second-order valence-corrected chi connectivity index (χ2v) is 8.92. The number of hydrogen-bond acceptors (Lipinski definition) is 5. The van der Waals surface area contributed by atoms with Gasteiger partial charge in [-0.2, -0.15) is 0 Å². The fourth-order valence-corrected chi connectivity index (χ4v) is 4.97. The molecule has 2 aromatic heterocycles. The number of phenolic OH excluding ortho intramolecular Hbond substituents is 1. The molecule has 0 spiro atoms. The van der Waals surface area contributed by atoms with Crippen molar-refractivity contribution in [3.63, 3.8) is 0 Å². The maximum atomic E-state index is 13.0. The summed E-state index contributed by atoms with van der Waals surface area (Å²) in [6.07, 6.45) is 7.41. The van der Waals surface area contributed by atoms with Gasteiger partial charge in [-0.15, -0.1) is 0 Å². The number of pyridine rings is 1. The number of Topliss-reactive ketones (excluding diaryl/α,β-unsaturated/α-hetero) is 1. The number of benzene rings is 2. The van der Waals surface area contributed by atoms with Crippen LogP contribution in [0.1, 0.15) is 39.1 Å². The predicted octanol–water partition coefficient (Wildman–Crippen LogP) is 4.80. The van der Waals surface area contributed by atoms with E-state index in [0.717, 1.165) is 53.7 Å². The van der Waals surface area contributed by atoms with Gasteiger partial charge in [0.15, 0.2) is 5.76 Å². The third-order valence-corrected chi connectivity index (χ3v) is 6.66. The van der Waals surface area contributed by atoms with E-state index in [-0.39, 0.29) is 28.8 Å². The number of allylic oxidation sites excluding steroid dienone is 1. The van der Waals surface area contributed by atoms with Gasteiger partial charge in [-0.3, -0.25) is 9.59 Å². The lowest BCUT2D eigenvalue weighted by Crippen LogP contribution is -2.27. The normalized spacial score (nSPS) is 16.2. The van der Waals surface area contributed by atoms with Crippen LogP contribution in [0.15, 0.2) is 66.7 Å². The third kappa shape index (κ3) is 3.47. The molecule has 7 heteroatoms. The van der Waals surface area contributed by atoms with E-state index >= 15 is 0 Å². The summed E-state index contributed by atoms with van der Waals surface area (Å²) in [5.74, 6) is 0.0664. The zero-order valence-corrected chi connectivity index (χ0v) is 19.2. The molecular weight excluding hydrogens is 442 g/mol. The number of amides is 1. The molecule has 1 N–H and O–H groups in total. The van der Waals surface area contributed by atoms with Gasteiger partial charge in [0.1, 0.15) is 22.7 Å². The predicted molar refractivity (Wildman–Crippen MR) is 132 cm³/mol. The van der Waals surface area contributed by atoms with E-state index in [1.807, 2.05) is 53.0 Å². The van der Waals surface area contributed by atoms with Crippen LogP contribution in [0.2, 0.25) is 0 Å². The molecular formula is C28H23N3O4. The van der Waals surface area contributed by atoms with Crippen molar-refractivity contribution in [2.75, 3.05) is 13.1 Å². The number of aromatic nitrogens is 2. The van der Waals surface area contributed by atoms with E-state index < -0.39 is 0 Å². The molecule has 1 saturated heterocycles. The summed E-state index contributed by atoms with van der Waals surface area (Å²) in [6, 6.07) is 14.3. The lowest BCUT2D eigenvalue weighted by Gasteiger charge is -2.16. The van der Waals surface area contributed by atoms with E-state index in [4.69, 9.17) is 4.74 Å². The summed E-state index contributed by atoms with van der Waals surface area (Å²) in [6.45, 7) is 1.59. The Balaban J connectivity index is 1.45. The Morgan fingerprint density at radius 2 is 1.91 bits per heavy atom. The largest absolute Gasteiger partial charge is 0.507 e. The second kappa shape index (κ2) is 8.13. The molecule has 0 unspecified atom stereocenters. The molecule has 0 aliphatic carbocycles. The Kier molecular flexibility index (Phi) is 4.91. The highest BCUT2D eigenvalue weighted by Crippen LogP contribution is 2.39. The number of hydrogen-bond donors (Lipinski definition) is 1. The first-order valence-electron chi connectivity index (χ1n) is 11.6. The minimum Gasteiger partial charge on any atom is -0.507 e. The van der Waals surface area contributed by atoms with Crippen molar-refractivity contribution in [2.24, 2.45) is 7.05 Å². The Hall–Kier alpha value is -4.39. The molecule has 1 fully saturated rings. The fourth-order valence-electron chi connectivity index (χ4n) is 4.97. The van der Waals surface area contributed by atoms with Crippen LogP contribution in [-0.2, 0) is 7.05 Å². The summed E-state index contributed by atoms with van der Waals surface area (Å²) in [4.78, 5) is 32.4. The quantitative estimate of drug-likeness (QED) is 0.440. The molecule has 0 radical (unpaired) electrons. The van der Waals surface area contributed by atoms with Crippen LogP contribution < -0.4 is 4.74 Å². The third-order valence-electron chi connectivity index (χ3n) is 6.66. The molecule has 0 atom stereocenters. The SMILES string of the molecule is Cn1cc(C=C2Oc3cccc(O)c3C2=O)c2c(-c3cccc(C(=O)N4CCCC4)c3)ccnc21. The highest BCUT2D eigenvalue weighted by Gasteiger charge is 2.30. The molecule has 4 heterocycles. The van der Waals surface area contributed by atoms with Crippen LogP contribution in [0.5, 0.6) is 11.5 Å². The number of fused-ring (bicyclic) bond motifs is 2. The molecule has 35 heavy (non-hydrogen) atoms. The zero-order chi connectivity index (χ0) is 24.1. The zero-order valence-electron chi connectivity index (χ0n) is 19.2. The number of nitrogens with zero attached hydrogens (tertiary/aromatic N) is 3. The number of ketones is 1. The molecule has 4 aromatic rings. The average molecular weight is 466 g/mol. The molecule has 0 saturated carbocycles. The van der Waals surface area contributed by atoms with Crippen LogP contribution in [0.3, 0.4) is 0 Å². The number of ether oxygens (including phenoxy) is 1. The first-order chi connectivity index (χ1) is 17.0. The summed E-state index contributed by atoms with van der Waals surface area (Å²) < 4.78 is 7.68. The van der Waals surface area contributed by atoms with Crippen molar-refractivity contribution >= 4 is 28.8 Å². The molecule has 2 aliphatic heterocycles. The van der Waals surface area contributed by atoms with Gasteiger partial charge in [-0.05, 0) is 60.4 Å². The summed E-state index contributed by atoms with van der Waals surface area (Å²) in [5, 5.41) is 11.0. The first kappa shape index (κ1) is 21.2. The summed E-state index contributed by atoms with van der Waals surface area (Å²) >= 11 is 0. The molecule has 2 aliphatic rings. The molecule has 2 aromatic carbocycles. The minimum absolute atomic E-state index is 0.0487. The van der Waals surface area contributed by atoms with Crippen molar-refractivity contribution < 1.29 is 19.4 Å². The number of carbonyl (C=O) groups excluding carboxylic acids is 2.